The first kappa shape index (κ1) is 15.4. The van der Waals surface area contributed by atoms with E-state index in [0.29, 0.717) is 6.61 Å². The van der Waals surface area contributed by atoms with Crippen LogP contribution >= 0.6 is 0 Å². The Hall–Kier alpha value is -1.69. The van der Waals surface area contributed by atoms with Crippen LogP contribution in [0.3, 0.4) is 0 Å². The number of methoxy groups -OCH3 is 1. The molecule has 1 aromatic rings. The lowest BCUT2D eigenvalue weighted by atomic mass is 10.1. The molecule has 0 saturated carbocycles. The van der Waals surface area contributed by atoms with E-state index in [1.165, 1.54) is 6.33 Å². The predicted molar refractivity (Wildman–Crippen MR) is 72.7 cm³/mol. The van der Waals surface area contributed by atoms with Gasteiger partial charge in [0.25, 0.3) is 0 Å². The lowest BCUT2D eigenvalue weighted by molar-refractivity contribution is 0.121. The largest absolute Gasteiger partial charge is 0.382 e. The summed E-state index contributed by atoms with van der Waals surface area (Å²) in [6, 6.07) is 1.52. The minimum Gasteiger partial charge on any atom is -0.382 e. The fraction of sp³-hybridized carbons (Fsp3) is 0.615. The molecule has 2 amide bonds. The number of hydrogen-bond donors (Lipinski definition) is 1. The second-order valence-corrected chi connectivity index (χ2v) is 5.17. The molecule has 106 valence electrons. The van der Waals surface area contributed by atoms with E-state index in [2.05, 4.69) is 15.3 Å². The van der Waals surface area contributed by atoms with Crippen molar-refractivity contribution in [3.63, 3.8) is 0 Å². The second kappa shape index (κ2) is 6.47. The molecule has 1 rings (SSSR count). The summed E-state index contributed by atoms with van der Waals surface area (Å²) in [5.74, 6) is 0. The summed E-state index contributed by atoms with van der Waals surface area (Å²) >= 11 is 0. The molecular weight excluding hydrogens is 244 g/mol. The van der Waals surface area contributed by atoms with E-state index in [9.17, 15) is 4.79 Å². The number of amides is 2. The van der Waals surface area contributed by atoms with Gasteiger partial charge in [-0.3, -0.25) is 0 Å². The molecule has 0 radical (unpaired) electrons. The van der Waals surface area contributed by atoms with Gasteiger partial charge in [0.2, 0.25) is 0 Å². The number of nitrogens with zero attached hydrogens (tertiary/aromatic N) is 3. The Balaban J connectivity index is 2.67. The highest BCUT2D eigenvalue weighted by Crippen LogP contribution is 2.16. The van der Waals surface area contributed by atoms with Crippen LogP contribution in [0.4, 0.5) is 4.79 Å². The Kier molecular flexibility index (Phi) is 5.23. The molecule has 0 spiro atoms. The van der Waals surface area contributed by atoms with Gasteiger partial charge >= 0.3 is 6.03 Å². The normalized spacial score (nSPS) is 12.9. The van der Waals surface area contributed by atoms with Crippen LogP contribution < -0.4 is 5.32 Å². The average Bonchev–Trinajstić information content (AvgIpc) is 2.37. The van der Waals surface area contributed by atoms with Gasteiger partial charge in [0.05, 0.1) is 23.9 Å². The Bertz CT molecular complexity index is 408. The van der Waals surface area contributed by atoms with E-state index in [1.807, 2.05) is 20.8 Å². The first-order valence-electron chi connectivity index (χ1n) is 6.17. The first-order chi connectivity index (χ1) is 8.87. The zero-order valence-electron chi connectivity index (χ0n) is 12.2. The third-order valence-electron chi connectivity index (χ3n) is 2.88. The van der Waals surface area contributed by atoms with Crippen molar-refractivity contribution in [1.29, 1.82) is 0 Å². The van der Waals surface area contributed by atoms with Gasteiger partial charge in [-0.2, -0.15) is 0 Å². The standard InChI is InChI=1S/C13H22N4O2/c1-10(11-6-7-14-9-15-11)17(4)12(18)16-13(2,3)8-19-5/h6-7,9-10H,8H2,1-5H3,(H,16,18). The van der Waals surface area contributed by atoms with Crippen molar-refractivity contribution in [3.8, 4) is 0 Å². The Morgan fingerprint density at radius 3 is 2.79 bits per heavy atom. The number of nitrogens with one attached hydrogen (secondary N) is 1. The van der Waals surface area contributed by atoms with Crippen LogP contribution in [-0.2, 0) is 4.74 Å². The summed E-state index contributed by atoms with van der Waals surface area (Å²) in [5, 5.41) is 2.93. The lowest BCUT2D eigenvalue weighted by Gasteiger charge is -2.31. The van der Waals surface area contributed by atoms with Crippen LogP contribution in [0, 0.1) is 0 Å². The smallest absolute Gasteiger partial charge is 0.318 e. The number of ether oxygens (including phenoxy) is 1. The van der Waals surface area contributed by atoms with Crippen molar-refractivity contribution in [2.24, 2.45) is 0 Å². The van der Waals surface area contributed by atoms with Gasteiger partial charge in [-0.05, 0) is 26.8 Å². The SMILES string of the molecule is COCC(C)(C)NC(=O)N(C)C(C)c1ccncn1. The molecule has 1 heterocycles. The molecule has 1 unspecified atom stereocenters. The molecule has 6 heteroatoms. The van der Waals surface area contributed by atoms with Crippen molar-refractivity contribution >= 4 is 6.03 Å². The highest BCUT2D eigenvalue weighted by atomic mass is 16.5. The maximum Gasteiger partial charge on any atom is 0.318 e. The summed E-state index contributed by atoms with van der Waals surface area (Å²) < 4.78 is 5.08. The van der Waals surface area contributed by atoms with E-state index >= 15 is 0 Å². The van der Waals surface area contributed by atoms with Crippen LogP contribution in [0.15, 0.2) is 18.6 Å². The highest BCUT2D eigenvalue weighted by molar-refractivity contribution is 5.75. The van der Waals surface area contributed by atoms with Crippen molar-refractivity contribution in [2.45, 2.75) is 32.4 Å². The zero-order valence-corrected chi connectivity index (χ0v) is 12.2. The van der Waals surface area contributed by atoms with Crippen molar-refractivity contribution in [3.05, 3.63) is 24.3 Å². The highest BCUT2D eigenvalue weighted by Gasteiger charge is 2.25. The number of rotatable bonds is 5. The molecule has 0 aliphatic rings. The quantitative estimate of drug-likeness (QED) is 0.879. The molecular formula is C13H22N4O2. The van der Waals surface area contributed by atoms with Gasteiger partial charge in [-0.25, -0.2) is 14.8 Å². The molecule has 1 N–H and O–H groups in total. The van der Waals surface area contributed by atoms with Gasteiger partial charge < -0.3 is 15.0 Å². The molecule has 19 heavy (non-hydrogen) atoms. The van der Waals surface area contributed by atoms with Gasteiger partial charge in [0.15, 0.2) is 0 Å². The van der Waals surface area contributed by atoms with Crippen LogP contribution in [0.5, 0.6) is 0 Å². The van der Waals surface area contributed by atoms with Crippen molar-refractivity contribution in [2.75, 3.05) is 20.8 Å². The summed E-state index contributed by atoms with van der Waals surface area (Å²) in [6.07, 6.45) is 3.14. The summed E-state index contributed by atoms with van der Waals surface area (Å²) in [4.78, 5) is 21.8. The monoisotopic (exact) mass is 266 g/mol. The number of carbonyl (C=O) groups excluding carboxylic acids is 1. The van der Waals surface area contributed by atoms with Crippen LogP contribution in [-0.4, -0.2) is 47.2 Å². The first-order valence-corrected chi connectivity index (χ1v) is 6.17. The third-order valence-corrected chi connectivity index (χ3v) is 2.88. The van der Waals surface area contributed by atoms with Gasteiger partial charge in [-0.1, -0.05) is 0 Å². The van der Waals surface area contributed by atoms with E-state index in [0.717, 1.165) is 5.69 Å². The molecule has 0 aliphatic heterocycles. The molecule has 1 aromatic heterocycles. The van der Waals surface area contributed by atoms with Crippen molar-refractivity contribution < 1.29 is 9.53 Å². The van der Waals surface area contributed by atoms with E-state index in [-0.39, 0.29) is 12.1 Å². The minimum absolute atomic E-state index is 0.124. The average molecular weight is 266 g/mol. The van der Waals surface area contributed by atoms with E-state index < -0.39 is 5.54 Å². The summed E-state index contributed by atoms with van der Waals surface area (Å²) in [5.41, 5.74) is 0.392. The predicted octanol–water partition coefficient (Wildman–Crippen LogP) is 1.60. The number of carbonyl (C=O) groups is 1. The van der Waals surface area contributed by atoms with Gasteiger partial charge in [-0.15, -0.1) is 0 Å². The number of urea groups is 1. The van der Waals surface area contributed by atoms with E-state index in [4.69, 9.17) is 4.74 Å². The maximum absolute atomic E-state index is 12.2. The Labute approximate surface area is 114 Å². The molecule has 0 saturated heterocycles. The Morgan fingerprint density at radius 1 is 1.58 bits per heavy atom. The zero-order chi connectivity index (χ0) is 14.5. The molecule has 0 aliphatic carbocycles. The third kappa shape index (κ3) is 4.48. The fourth-order valence-corrected chi connectivity index (χ4v) is 1.70. The molecule has 0 fully saturated rings. The summed E-state index contributed by atoms with van der Waals surface area (Å²) in [6.45, 7) is 6.20. The summed E-state index contributed by atoms with van der Waals surface area (Å²) in [7, 11) is 3.35. The van der Waals surface area contributed by atoms with Gasteiger partial charge in [0.1, 0.15) is 6.33 Å². The maximum atomic E-state index is 12.2. The molecule has 0 bridgehead atoms. The Morgan fingerprint density at radius 2 is 2.26 bits per heavy atom. The molecule has 0 aromatic carbocycles. The lowest BCUT2D eigenvalue weighted by Crippen LogP contribution is -2.51. The second-order valence-electron chi connectivity index (χ2n) is 5.17. The molecule has 6 nitrogen and oxygen atoms in total. The molecule has 1 atom stereocenters. The fourth-order valence-electron chi connectivity index (χ4n) is 1.70. The van der Waals surface area contributed by atoms with E-state index in [1.54, 1.807) is 31.3 Å². The van der Waals surface area contributed by atoms with Crippen LogP contribution in [0.25, 0.3) is 0 Å². The van der Waals surface area contributed by atoms with Crippen molar-refractivity contribution in [1.82, 2.24) is 20.2 Å². The minimum atomic E-state index is -0.411. The van der Waals surface area contributed by atoms with Gasteiger partial charge in [0, 0.05) is 20.4 Å². The number of hydrogen-bond acceptors (Lipinski definition) is 4. The number of aromatic nitrogens is 2. The van der Waals surface area contributed by atoms with Crippen LogP contribution in [0.1, 0.15) is 32.5 Å². The van der Waals surface area contributed by atoms with Crippen LogP contribution in [0.2, 0.25) is 0 Å². The topological polar surface area (TPSA) is 67.3 Å².